The fourth-order valence-electron chi connectivity index (χ4n) is 0.976. The van der Waals surface area contributed by atoms with Crippen molar-refractivity contribution in [3.05, 3.63) is 31.0 Å². The van der Waals surface area contributed by atoms with E-state index in [1.54, 1.807) is 0 Å². The van der Waals surface area contributed by atoms with Crippen LogP contribution in [0.1, 0.15) is 0 Å². The predicted octanol–water partition coefficient (Wildman–Crippen LogP) is 3.87. The molecule has 0 fully saturated rings. The Bertz CT molecular complexity index is 472. The van der Waals surface area contributed by atoms with Crippen molar-refractivity contribution in [2.75, 3.05) is 0 Å². The molecule has 0 N–H and O–H groups in total. The summed E-state index contributed by atoms with van der Waals surface area (Å²) in [7, 11) is 0. The van der Waals surface area contributed by atoms with Crippen LogP contribution in [0, 0.1) is 3.90 Å². The minimum Gasteiger partial charge on any atom is -0.412 e. The van der Waals surface area contributed by atoms with Gasteiger partial charge < -0.3 is 4.42 Å². The fourth-order valence-corrected chi connectivity index (χ4v) is 2.07. The van der Waals surface area contributed by atoms with Gasteiger partial charge in [-0.15, -0.1) is 10.2 Å². The number of rotatable bonds is 1. The SMILES string of the molecule is Brc1ccc(Br)c(-c2nnc(I)o2)c1. The van der Waals surface area contributed by atoms with Crippen LogP contribution in [0.3, 0.4) is 0 Å². The van der Waals surface area contributed by atoms with E-state index in [1.807, 2.05) is 40.8 Å². The third-order valence-corrected chi connectivity index (χ3v) is 3.18. The van der Waals surface area contributed by atoms with Crippen molar-refractivity contribution >= 4 is 54.5 Å². The molecule has 0 saturated heterocycles. The van der Waals surface area contributed by atoms with Crippen LogP contribution >= 0.6 is 54.5 Å². The van der Waals surface area contributed by atoms with Crippen LogP contribution in [0.2, 0.25) is 0 Å². The molecular formula is C8H3Br2IN2O. The van der Waals surface area contributed by atoms with Crippen LogP contribution in [0.15, 0.2) is 31.6 Å². The molecule has 0 atom stereocenters. The molecule has 0 saturated carbocycles. The van der Waals surface area contributed by atoms with Crippen LogP contribution in [0.4, 0.5) is 0 Å². The summed E-state index contributed by atoms with van der Waals surface area (Å²) in [5.74, 6) is 0.516. The average Bonchev–Trinajstić information content (AvgIpc) is 2.56. The molecule has 0 aliphatic heterocycles. The van der Waals surface area contributed by atoms with Crippen molar-refractivity contribution in [2.24, 2.45) is 0 Å². The Hall–Kier alpha value is 0.0500. The number of nitrogens with zero attached hydrogens (tertiary/aromatic N) is 2. The zero-order valence-corrected chi connectivity index (χ0v) is 12.0. The van der Waals surface area contributed by atoms with Gasteiger partial charge in [-0.1, -0.05) is 15.9 Å². The number of hydrogen-bond acceptors (Lipinski definition) is 3. The van der Waals surface area contributed by atoms with Crippen molar-refractivity contribution in [3.63, 3.8) is 0 Å². The molecular weight excluding hydrogens is 427 g/mol. The van der Waals surface area contributed by atoms with Crippen LogP contribution in [0.5, 0.6) is 0 Å². The number of hydrogen-bond donors (Lipinski definition) is 0. The molecule has 2 rings (SSSR count). The second kappa shape index (κ2) is 4.28. The highest BCUT2D eigenvalue weighted by Crippen LogP contribution is 2.30. The number of aromatic nitrogens is 2. The summed E-state index contributed by atoms with van der Waals surface area (Å²) >= 11 is 8.79. The first kappa shape index (κ1) is 10.6. The van der Waals surface area contributed by atoms with Gasteiger partial charge in [-0.05, 0) is 34.1 Å². The van der Waals surface area contributed by atoms with Crippen molar-refractivity contribution in [2.45, 2.75) is 0 Å². The van der Waals surface area contributed by atoms with Gasteiger partial charge >= 0.3 is 0 Å². The van der Waals surface area contributed by atoms with Gasteiger partial charge in [0.1, 0.15) is 0 Å². The topological polar surface area (TPSA) is 38.9 Å². The maximum atomic E-state index is 5.32. The van der Waals surface area contributed by atoms with E-state index in [0.717, 1.165) is 14.5 Å². The van der Waals surface area contributed by atoms with Gasteiger partial charge in [-0.25, -0.2) is 0 Å². The average molecular weight is 430 g/mol. The Balaban J connectivity index is 2.55. The lowest BCUT2D eigenvalue weighted by atomic mass is 10.2. The Morgan fingerprint density at radius 1 is 1.21 bits per heavy atom. The Morgan fingerprint density at radius 3 is 2.64 bits per heavy atom. The smallest absolute Gasteiger partial charge is 0.278 e. The zero-order valence-electron chi connectivity index (χ0n) is 6.67. The fraction of sp³-hybridized carbons (Fsp3) is 0. The van der Waals surface area contributed by atoms with Gasteiger partial charge in [0.2, 0.25) is 5.89 Å². The molecule has 0 aliphatic rings. The maximum Gasteiger partial charge on any atom is 0.278 e. The van der Waals surface area contributed by atoms with Gasteiger partial charge in [0.25, 0.3) is 3.90 Å². The first-order chi connectivity index (χ1) is 6.66. The molecule has 0 bridgehead atoms. The lowest BCUT2D eigenvalue weighted by Gasteiger charge is -1.98. The van der Waals surface area contributed by atoms with Crippen LogP contribution in [0.25, 0.3) is 11.5 Å². The highest BCUT2D eigenvalue weighted by molar-refractivity contribution is 14.1. The predicted molar refractivity (Wildman–Crippen MR) is 67.9 cm³/mol. The van der Waals surface area contributed by atoms with Gasteiger partial charge in [0, 0.05) is 31.5 Å². The number of halogens is 3. The molecule has 2 aromatic rings. The summed E-state index contributed by atoms with van der Waals surface area (Å²) in [4.78, 5) is 0. The second-order valence-electron chi connectivity index (χ2n) is 2.48. The quantitative estimate of drug-likeness (QED) is 0.646. The lowest BCUT2D eigenvalue weighted by molar-refractivity contribution is 0.536. The summed E-state index contributed by atoms with van der Waals surface area (Å²) in [6.45, 7) is 0. The minimum absolute atomic E-state index is 0.516. The standard InChI is InChI=1S/C8H3Br2IN2O/c9-4-1-2-6(10)5(3-4)7-12-13-8(11)14-7/h1-3H. The highest BCUT2D eigenvalue weighted by atomic mass is 127. The monoisotopic (exact) mass is 428 g/mol. The molecule has 0 unspecified atom stereocenters. The van der Waals surface area contributed by atoms with Crippen LogP contribution < -0.4 is 0 Å². The molecule has 0 spiro atoms. The molecule has 0 aliphatic carbocycles. The van der Waals surface area contributed by atoms with E-state index >= 15 is 0 Å². The normalized spacial score (nSPS) is 10.5. The first-order valence-electron chi connectivity index (χ1n) is 3.61. The van der Waals surface area contributed by atoms with E-state index < -0.39 is 0 Å². The molecule has 72 valence electrons. The van der Waals surface area contributed by atoms with Crippen molar-refractivity contribution in [1.82, 2.24) is 10.2 Å². The lowest BCUT2D eigenvalue weighted by Crippen LogP contribution is -1.80. The van der Waals surface area contributed by atoms with Gasteiger partial charge in [0.15, 0.2) is 0 Å². The molecule has 6 heteroatoms. The van der Waals surface area contributed by atoms with E-state index in [9.17, 15) is 0 Å². The molecule has 1 aromatic carbocycles. The second-order valence-corrected chi connectivity index (χ2v) is 5.18. The third kappa shape index (κ3) is 2.17. The Kier molecular flexibility index (Phi) is 3.23. The molecule has 0 radical (unpaired) electrons. The van der Waals surface area contributed by atoms with Gasteiger partial charge in [-0.3, -0.25) is 0 Å². The van der Waals surface area contributed by atoms with Crippen LogP contribution in [-0.2, 0) is 0 Å². The van der Waals surface area contributed by atoms with E-state index in [2.05, 4.69) is 42.1 Å². The van der Waals surface area contributed by atoms with Gasteiger partial charge in [0.05, 0.1) is 5.56 Å². The van der Waals surface area contributed by atoms with Crippen molar-refractivity contribution in [3.8, 4) is 11.5 Å². The largest absolute Gasteiger partial charge is 0.412 e. The van der Waals surface area contributed by atoms with E-state index in [0.29, 0.717) is 9.79 Å². The van der Waals surface area contributed by atoms with E-state index in [4.69, 9.17) is 4.42 Å². The zero-order chi connectivity index (χ0) is 10.1. The molecule has 1 heterocycles. The maximum absolute atomic E-state index is 5.32. The van der Waals surface area contributed by atoms with E-state index in [1.165, 1.54) is 0 Å². The summed E-state index contributed by atoms with van der Waals surface area (Å²) in [5.41, 5.74) is 0.884. The third-order valence-electron chi connectivity index (χ3n) is 1.56. The van der Waals surface area contributed by atoms with Crippen molar-refractivity contribution < 1.29 is 4.42 Å². The van der Waals surface area contributed by atoms with Crippen LogP contribution in [-0.4, -0.2) is 10.2 Å². The molecule has 1 aromatic heterocycles. The minimum atomic E-state index is 0.516. The summed E-state index contributed by atoms with van der Waals surface area (Å²) in [6, 6.07) is 5.79. The van der Waals surface area contributed by atoms with E-state index in [-0.39, 0.29) is 0 Å². The highest BCUT2D eigenvalue weighted by Gasteiger charge is 2.10. The molecule has 3 nitrogen and oxygen atoms in total. The Morgan fingerprint density at radius 2 is 2.00 bits per heavy atom. The molecule has 0 amide bonds. The molecule has 14 heavy (non-hydrogen) atoms. The van der Waals surface area contributed by atoms with Gasteiger partial charge in [-0.2, -0.15) is 0 Å². The summed E-state index contributed by atoms with van der Waals surface area (Å²) < 4.78 is 7.76. The first-order valence-corrected chi connectivity index (χ1v) is 6.28. The Labute approximate surface area is 111 Å². The summed E-state index contributed by atoms with van der Waals surface area (Å²) in [5, 5.41) is 7.71. The number of benzene rings is 1. The summed E-state index contributed by atoms with van der Waals surface area (Å²) in [6.07, 6.45) is 0. The van der Waals surface area contributed by atoms with Crippen molar-refractivity contribution in [1.29, 1.82) is 0 Å².